The molecule has 0 saturated carbocycles. The van der Waals surface area contributed by atoms with Crippen LogP contribution in [0.5, 0.6) is 11.5 Å². The van der Waals surface area contributed by atoms with Gasteiger partial charge in [-0.1, -0.05) is 12.6 Å². The Morgan fingerprint density at radius 3 is 2.77 bits per heavy atom. The van der Waals surface area contributed by atoms with E-state index in [1.165, 1.54) is 36.3 Å². The van der Waals surface area contributed by atoms with E-state index >= 15 is 0 Å². The molecule has 12 heteroatoms. The van der Waals surface area contributed by atoms with Crippen LogP contribution in [0.1, 0.15) is 6.42 Å². The maximum Gasteiger partial charge on any atom is 0.283 e. The smallest absolute Gasteiger partial charge is 0.283 e. The number of carbonyl (C=O) groups excluding carboxylic acids is 1. The van der Waals surface area contributed by atoms with Crippen molar-refractivity contribution in [3.05, 3.63) is 77.7 Å². The Morgan fingerprint density at radius 1 is 1.21 bits per heavy atom. The molecule has 39 heavy (non-hydrogen) atoms. The van der Waals surface area contributed by atoms with Crippen LogP contribution >= 0.6 is 0 Å². The topological polar surface area (TPSA) is 124 Å². The van der Waals surface area contributed by atoms with E-state index in [9.17, 15) is 14.0 Å². The van der Waals surface area contributed by atoms with Gasteiger partial charge in [-0.05, 0) is 43.8 Å². The van der Waals surface area contributed by atoms with Crippen LogP contribution < -0.4 is 25.7 Å². The molecule has 0 radical (unpaired) electrons. The van der Waals surface area contributed by atoms with Gasteiger partial charge in [0.25, 0.3) is 5.56 Å². The third kappa shape index (κ3) is 5.55. The molecule has 0 spiro atoms. The molecule has 0 aliphatic carbocycles. The highest BCUT2D eigenvalue weighted by atomic mass is 19.1. The van der Waals surface area contributed by atoms with Crippen LogP contribution in [0.15, 0.2) is 66.4 Å². The van der Waals surface area contributed by atoms with Crippen LogP contribution in [0.2, 0.25) is 0 Å². The van der Waals surface area contributed by atoms with Crippen LogP contribution in [0.3, 0.4) is 0 Å². The summed E-state index contributed by atoms with van der Waals surface area (Å²) in [7, 11) is 3.52. The van der Waals surface area contributed by atoms with E-state index < -0.39 is 17.3 Å². The Kier molecular flexibility index (Phi) is 7.19. The first kappa shape index (κ1) is 25.8. The van der Waals surface area contributed by atoms with Gasteiger partial charge in [-0.25, -0.2) is 9.37 Å². The summed E-state index contributed by atoms with van der Waals surface area (Å²) >= 11 is 0. The second-order valence-electron chi connectivity index (χ2n) is 8.99. The van der Waals surface area contributed by atoms with Gasteiger partial charge in [-0.3, -0.25) is 14.2 Å². The second kappa shape index (κ2) is 10.9. The number of anilines is 3. The minimum absolute atomic E-state index is 0.0464. The van der Waals surface area contributed by atoms with E-state index in [4.69, 9.17) is 9.47 Å². The molecule has 11 nitrogen and oxygen atoms in total. The fourth-order valence-electron chi connectivity index (χ4n) is 4.31. The molecule has 0 bridgehead atoms. The van der Waals surface area contributed by atoms with E-state index in [1.54, 1.807) is 24.3 Å². The van der Waals surface area contributed by atoms with Gasteiger partial charge in [-0.15, -0.1) is 0 Å². The van der Waals surface area contributed by atoms with Gasteiger partial charge < -0.3 is 25.0 Å². The average Bonchev–Trinajstić information content (AvgIpc) is 3.34. The molecular formula is C27H26FN7O4. The molecule has 5 rings (SSSR count). The number of hydrogen-bond acceptors (Lipinski definition) is 9. The fraction of sp³-hybridized carbons (Fsp3) is 0.222. The first-order chi connectivity index (χ1) is 18.8. The number of nitrogens with one attached hydrogen (secondary N) is 2. The number of carbonyl (C=O) groups is 1. The Hall–Kier alpha value is -4.84. The molecule has 1 aliphatic heterocycles. The number of amides is 1. The third-order valence-electron chi connectivity index (χ3n) is 6.24. The number of hydrogen-bond donors (Lipinski definition) is 2. The summed E-state index contributed by atoms with van der Waals surface area (Å²) in [6.07, 6.45) is 4.59. The van der Waals surface area contributed by atoms with Crippen molar-refractivity contribution in [2.75, 3.05) is 37.9 Å². The van der Waals surface area contributed by atoms with E-state index in [2.05, 4.69) is 37.1 Å². The van der Waals surface area contributed by atoms with Crippen LogP contribution in [0.25, 0.3) is 16.7 Å². The number of rotatable bonds is 8. The van der Waals surface area contributed by atoms with Gasteiger partial charge in [0, 0.05) is 25.4 Å². The number of benzene rings is 2. The Morgan fingerprint density at radius 2 is 2.05 bits per heavy atom. The number of methoxy groups -OCH3 is 1. The van der Waals surface area contributed by atoms with Crippen molar-refractivity contribution in [1.82, 2.24) is 24.4 Å². The molecule has 2 aromatic carbocycles. The monoisotopic (exact) mass is 531 g/mol. The maximum atomic E-state index is 13.9. The van der Waals surface area contributed by atoms with Crippen LogP contribution in [-0.2, 0) is 4.79 Å². The van der Waals surface area contributed by atoms with Crippen LogP contribution in [0, 0.1) is 5.82 Å². The Balaban J connectivity index is 1.55. The quantitative estimate of drug-likeness (QED) is 0.330. The lowest BCUT2D eigenvalue weighted by Crippen LogP contribution is -2.22. The lowest BCUT2D eigenvalue weighted by atomic mass is 10.2. The van der Waals surface area contributed by atoms with Crippen molar-refractivity contribution in [1.29, 1.82) is 0 Å². The predicted octanol–water partition coefficient (Wildman–Crippen LogP) is 3.27. The highest BCUT2D eigenvalue weighted by Gasteiger charge is 2.24. The number of aromatic nitrogens is 4. The number of likely N-dealkylation sites (N-methyl/N-ethyl adjacent to an activating group) is 1. The highest BCUT2D eigenvalue weighted by molar-refractivity contribution is 6.00. The maximum absolute atomic E-state index is 13.9. The summed E-state index contributed by atoms with van der Waals surface area (Å²) in [6, 6.07) is 9.16. The second-order valence-corrected chi connectivity index (χ2v) is 8.99. The molecular weight excluding hydrogens is 505 g/mol. The van der Waals surface area contributed by atoms with E-state index in [-0.39, 0.29) is 23.1 Å². The van der Waals surface area contributed by atoms with E-state index in [0.717, 1.165) is 25.6 Å². The third-order valence-corrected chi connectivity index (χ3v) is 6.24. The minimum Gasteiger partial charge on any atom is -0.494 e. The average molecular weight is 532 g/mol. The number of fused-ring (bicyclic) bond motifs is 1. The molecule has 3 heterocycles. The molecule has 2 aromatic heterocycles. The van der Waals surface area contributed by atoms with Crippen molar-refractivity contribution in [3.8, 4) is 17.2 Å². The number of halogens is 1. The Labute approximate surface area is 222 Å². The first-order valence-corrected chi connectivity index (χ1v) is 12.1. The zero-order chi connectivity index (χ0) is 27.5. The summed E-state index contributed by atoms with van der Waals surface area (Å²) in [4.78, 5) is 39.4. The highest BCUT2D eigenvalue weighted by Crippen LogP contribution is 2.39. The molecule has 1 aliphatic rings. The summed E-state index contributed by atoms with van der Waals surface area (Å²) in [5.41, 5.74) is 0.973. The molecule has 1 saturated heterocycles. The van der Waals surface area contributed by atoms with Crippen LogP contribution in [0.4, 0.5) is 21.7 Å². The molecule has 1 unspecified atom stereocenters. The number of ether oxygens (including phenoxy) is 2. The van der Waals surface area contributed by atoms with Gasteiger partial charge in [0.05, 0.1) is 24.2 Å². The molecule has 200 valence electrons. The molecule has 1 fully saturated rings. The van der Waals surface area contributed by atoms with Crippen molar-refractivity contribution < 1.29 is 18.7 Å². The van der Waals surface area contributed by atoms with Crippen LogP contribution in [-0.4, -0.2) is 63.7 Å². The summed E-state index contributed by atoms with van der Waals surface area (Å²) in [5.74, 6) is 0.126. The van der Waals surface area contributed by atoms with Gasteiger partial charge in [0.2, 0.25) is 11.9 Å². The summed E-state index contributed by atoms with van der Waals surface area (Å²) in [6.45, 7) is 5.18. The van der Waals surface area contributed by atoms with Crippen molar-refractivity contribution in [2.45, 2.75) is 12.5 Å². The van der Waals surface area contributed by atoms with Crippen molar-refractivity contribution in [2.24, 2.45) is 0 Å². The normalized spacial score (nSPS) is 15.2. The molecule has 1 amide bonds. The number of likely N-dealkylation sites (tertiary alicyclic amines) is 1. The summed E-state index contributed by atoms with van der Waals surface area (Å²) < 4.78 is 27.2. The van der Waals surface area contributed by atoms with Gasteiger partial charge in [0.15, 0.2) is 5.65 Å². The van der Waals surface area contributed by atoms with Crippen molar-refractivity contribution >= 4 is 34.3 Å². The number of nitrogens with zero attached hydrogens (tertiary/aromatic N) is 5. The molecule has 1 atom stereocenters. The minimum atomic E-state index is -0.518. The van der Waals surface area contributed by atoms with E-state index in [0.29, 0.717) is 28.6 Å². The fourth-order valence-corrected chi connectivity index (χ4v) is 4.31. The zero-order valence-corrected chi connectivity index (χ0v) is 21.3. The van der Waals surface area contributed by atoms with Gasteiger partial charge in [0.1, 0.15) is 35.1 Å². The van der Waals surface area contributed by atoms with E-state index in [1.807, 2.05) is 7.05 Å². The van der Waals surface area contributed by atoms with Gasteiger partial charge >= 0.3 is 0 Å². The van der Waals surface area contributed by atoms with Crippen molar-refractivity contribution in [3.63, 3.8) is 0 Å². The molecule has 2 N–H and O–H groups in total. The largest absolute Gasteiger partial charge is 0.494 e. The summed E-state index contributed by atoms with van der Waals surface area (Å²) in [5, 5.41) is 6.02. The first-order valence-electron chi connectivity index (χ1n) is 12.1. The lowest BCUT2D eigenvalue weighted by Gasteiger charge is -2.20. The lowest BCUT2D eigenvalue weighted by molar-refractivity contribution is -0.111. The standard InChI is InChI=1S/C27H26FN7O4/c1-4-24(36)31-21-11-20(22(38-3)12-23(21)39-18-8-9-34(2)14-18)32-27-29-13-19-25(33-27)35(15-30-26(19)37)17-7-5-6-16(28)10-17/h4-7,10-13,15,18H,1,8-9,14H2,2-3H3,(H,31,36)(H,29,32,33). The SMILES string of the molecule is C=CC(=O)Nc1cc(Nc2ncc3c(=O)ncn(-c4cccc(F)c4)c3n2)c(OC)cc1OC1CCN(C)C1. The molecule has 4 aromatic rings. The van der Waals surface area contributed by atoms with Gasteiger partial charge in [-0.2, -0.15) is 9.97 Å². The Bertz CT molecular complexity index is 1620. The predicted molar refractivity (Wildman–Crippen MR) is 145 cm³/mol. The zero-order valence-electron chi connectivity index (χ0n) is 21.3.